The Kier molecular flexibility index (Phi) is 6.09. The molecule has 32 heavy (non-hydrogen) atoms. The second-order valence-corrected chi connectivity index (χ2v) is 10.5. The minimum absolute atomic E-state index is 0.0318. The van der Waals surface area contributed by atoms with E-state index in [1.165, 1.54) is 23.3 Å². The SMILES string of the molecule is O=C(c1ccc(NSc2cccc3scnc23)cc1)N1CCC(O)(c2nc(Cl)cs2)CC1. The van der Waals surface area contributed by atoms with Gasteiger partial charge in [-0.05, 0) is 48.3 Å². The molecule has 1 aliphatic rings. The highest BCUT2D eigenvalue weighted by molar-refractivity contribution is 8.00. The van der Waals surface area contributed by atoms with Gasteiger partial charge in [-0.2, -0.15) is 0 Å². The lowest BCUT2D eigenvalue weighted by molar-refractivity contribution is -0.0212. The molecule has 4 aromatic rings. The number of fused-ring (bicyclic) bond motifs is 1. The number of benzene rings is 2. The quantitative estimate of drug-likeness (QED) is 0.343. The molecule has 164 valence electrons. The number of likely N-dealkylation sites (tertiary alicyclic amines) is 1. The van der Waals surface area contributed by atoms with Gasteiger partial charge >= 0.3 is 0 Å². The molecule has 1 fully saturated rings. The van der Waals surface area contributed by atoms with Crippen molar-refractivity contribution >= 4 is 68.0 Å². The maximum absolute atomic E-state index is 12.9. The summed E-state index contributed by atoms with van der Waals surface area (Å²) in [5.74, 6) is -0.0318. The van der Waals surface area contributed by atoms with E-state index in [1.54, 1.807) is 21.6 Å². The molecule has 0 aliphatic carbocycles. The number of rotatable bonds is 5. The number of carbonyl (C=O) groups is 1. The Morgan fingerprint density at radius 1 is 1.16 bits per heavy atom. The van der Waals surface area contributed by atoms with Gasteiger partial charge in [0.2, 0.25) is 0 Å². The monoisotopic (exact) mass is 502 g/mol. The van der Waals surface area contributed by atoms with Crippen LogP contribution in [0, 0.1) is 0 Å². The molecule has 2 aromatic heterocycles. The predicted octanol–water partition coefficient (Wildman–Crippen LogP) is 5.65. The number of amides is 1. The average Bonchev–Trinajstić information content (AvgIpc) is 3.48. The van der Waals surface area contributed by atoms with Crippen molar-refractivity contribution in [2.75, 3.05) is 17.8 Å². The highest BCUT2D eigenvalue weighted by Crippen LogP contribution is 2.36. The van der Waals surface area contributed by atoms with Crippen molar-refractivity contribution in [1.29, 1.82) is 0 Å². The highest BCUT2D eigenvalue weighted by Gasteiger charge is 2.38. The van der Waals surface area contributed by atoms with Gasteiger partial charge in [0.15, 0.2) is 0 Å². The van der Waals surface area contributed by atoms with Crippen LogP contribution in [0.1, 0.15) is 28.2 Å². The molecule has 6 nitrogen and oxygen atoms in total. The van der Waals surface area contributed by atoms with E-state index in [0.29, 0.717) is 41.7 Å². The van der Waals surface area contributed by atoms with Crippen molar-refractivity contribution in [3.63, 3.8) is 0 Å². The van der Waals surface area contributed by atoms with Crippen molar-refractivity contribution in [1.82, 2.24) is 14.9 Å². The molecular formula is C22H19ClN4O2S3. The molecule has 2 aromatic carbocycles. The Hall–Kier alpha value is -2.17. The molecule has 0 bridgehead atoms. The number of para-hydroxylation sites is 1. The van der Waals surface area contributed by atoms with Crippen LogP contribution in [0.5, 0.6) is 0 Å². The van der Waals surface area contributed by atoms with Crippen molar-refractivity contribution < 1.29 is 9.90 Å². The maximum Gasteiger partial charge on any atom is 0.253 e. The summed E-state index contributed by atoms with van der Waals surface area (Å²) in [5, 5.41) is 13.6. The van der Waals surface area contributed by atoms with Crippen LogP contribution in [-0.4, -0.2) is 39.0 Å². The van der Waals surface area contributed by atoms with Crippen molar-refractivity contribution in [3.05, 3.63) is 69.1 Å². The van der Waals surface area contributed by atoms with Gasteiger partial charge in [-0.1, -0.05) is 17.7 Å². The number of hydrogen-bond acceptors (Lipinski definition) is 8. The minimum atomic E-state index is -1.01. The Balaban J connectivity index is 1.20. The number of anilines is 1. The summed E-state index contributed by atoms with van der Waals surface area (Å²) in [4.78, 5) is 24.4. The van der Waals surface area contributed by atoms with Crippen LogP contribution >= 0.6 is 46.2 Å². The van der Waals surface area contributed by atoms with Crippen LogP contribution in [-0.2, 0) is 5.60 Å². The zero-order chi connectivity index (χ0) is 22.1. The number of nitrogens with zero attached hydrogens (tertiary/aromatic N) is 3. The molecule has 0 saturated carbocycles. The number of nitrogens with one attached hydrogen (secondary N) is 1. The zero-order valence-electron chi connectivity index (χ0n) is 16.8. The standard InChI is InChI=1S/C22H19ClN4O2S3/c23-18-12-30-21(25-18)22(29)8-10-27(11-9-22)20(28)14-4-6-15(7-5-14)26-32-17-3-1-2-16-19(17)24-13-31-16/h1-7,12-13,26,29H,8-11H2. The first-order valence-corrected chi connectivity index (χ1v) is 13.0. The fraction of sp³-hybridized carbons (Fsp3) is 0.227. The minimum Gasteiger partial charge on any atom is -0.383 e. The molecule has 2 N–H and O–H groups in total. The Labute approximate surface area is 202 Å². The number of piperidine rings is 1. The van der Waals surface area contributed by atoms with Crippen LogP contribution in [0.2, 0.25) is 5.15 Å². The molecule has 10 heteroatoms. The normalized spacial score (nSPS) is 15.8. The molecular weight excluding hydrogens is 484 g/mol. The molecule has 0 spiro atoms. The van der Waals surface area contributed by atoms with Crippen molar-refractivity contribution in [3.8, 4) is 0 Å². The predicted molar refractivity (Wildman–Crippen MR) is 132 cm³/mol. The third kappa shape index (κ3) is 4.35. The largest absolute Gasteiger partial charge is 0.383 e. The Morgan fingerprint density at radius 3 is 2.66 bits per heavy atom. The van der Waals surface area contributed by atoms with Gasteiger partial charge in [-0.25, -0.2) is 9.97 Å². The van der Waals surface area contributed by atoms with Gasteiger partial charge in [0.1, 0.15) is 15.8 Å². The summed E-state index contributed by atoms with van der Waals surface area (Å²) < 4.78 is 4.48. The molecule has 1 amide bonds. The summed E-state index contributed by atoms with van der Waals surface area (Å²) in [6, 6.07) is 13.6. The van der Waals surface area contributed by atoms with Gasteiger partial charge in [-0.3, -0.25) is 4.79 Å². The van der Waals surface area contributed by atoms with Gasteiger partial charge in [0.05, 0.1) is 20.6 Å². The van der Waals surface area contributed by atoms with Crippen LogP contribution < -0.4 is 4.72 Å². The Morgan fingerprint density at radius 2 is 1.94 bits per heavy atom. The van der Waals surface area contributed by atoms with E-state index in [9.17, 15) is 9.90 Å². The molecule has 0 unspecified atom stereocenters. The van der Waals surface area contributed by atoms with E-state index in [-0.39, 0.29) is 5.91 Å². The lowest BCUT2D eigenvalue weighted by Gasteiger charge is -2.37. The lowest BCUT2D eigenvalue weighted by Crippen LogP contribution is -2.45. The van der Waals surface area contributed by atoms with Crippen molar-refractivity contribution in [2.24, 2.45) is 0 Å². The maximum atomic E-state index is 12.9. The zero-order valence-corrected chi connectivity index (χ0v) is 20.0. The van der Waals surface area contributed by atoms with E-state index in [2.05, 4.69) is 20.8 Å². The summed E-state index contributed by atoms with van der Waals surface area (Å²) in [7, 11) is 0. The van der Waals surface area contributed by atoms with E-state index in [4.69, 9.17) is 11.6 Å². The summed E-state index contributed by atoms with van der Waals surface area (Å²) in [6.07, 6.45) is 0.891. The number of thiazole rings is 2. The molecule has 5 rings (SSSR count). The second kappa shape index (κ2) is 8.99. The Bertz CT molecular complexity index is 1250. The third-order valence-electron chi connectivity index (χ3n) is 5.49. The lowest BCUT2D eigenvalue weighted by atomic mass is 9.91. The number of aromatic nitrogens is 2. The van der Waals surface area contributed by atoms with Gasteiger partial charge in [0.25, 0.3) is 5.91 Å². The fourth-order valence-corrected chi connectivity index (χ4v) is 6.32. The topological polar surface area (TPSA) is 78.4 Å². The van der Waals surface area contributed by atoms with E-state index < -0.39 is 5.60 Å². The summed E-state index contributed by atoms with van der Waals surface area (Å²) in [5.41, 5.74) is 3.37. The summed E-state index contributed by atoms with van der Waals surface area (Å²) >= 11 is 10.4. The summed E-state index contributed by atoms with van der Waals surface area (Å²) in [6.45, 7) is 0.945. The fourth-order valence-electron chi connectivity index (χ4n) is 3.68. The van der Waals surface area contributed by atoms with Crippen molar-refractivity contribution in [2.45, 2.75) is 23.3 Å². The van der Waals surface area contributed by atoms with Crippen LogP contribution in [0.25, 0.3) is 10.2 Å². The van der Waals surface area contributed by atoms with Crippen LogP contribution in [0.4, 0.5) is 5.69 Å². The van der Waals surface area contributed by atoms with E-state index >= 15 is 0 Å². The highest BCUT2D eigenvalue weighted by atomic mass is 35.5. The molecule has 3 heterocycles. The van der Waals surface area contributed by atoms with Gasteiger partial charge in [-0.15, -0.1) is 22.7 Å². The molecule has 0 atom stereocenters. The molecule has 0 radical (unpaired) electrons. The molecule has 1 aliphatic heterocycles. The first-order chi connectivity index (χ1) is 15.5. The third-order valence-corrected chi connectivity index (χ3v) is 8.53. The van der Waals surface area contributed by atoms with Crippen LogP contribution in [0.15, 0.2) is 58.3 Å². The second-order valence-electron chi connectivity index (χ2n) is 7.54. The average molecular weight is 503 g/mol. The van der Waals surface area contributed by atoms with Gasteiger partial charge < -0.3 is 14.7 Å². The molecule has 1 saturated heterocycles. The number of hydrogen-bond donors (Lipinski definition) is 2. The number of halogens is 1. The van der Waals surface area contributed by atoms with E-state index in [1.807, 2.05) is 41.9 Å². The van der Waals surface area contributed by atoms with Crippen LogP contribution in [0.3, 0.4) is 0 Å². The van der Waals surface area contributed by atoms with E-state index in [0.717, 1.165) is 20.8 Å². The smallest absolute Gasteiger partial charge is 0.253 e. The first-order valence-electron chi connectivity index (χ1n) is 10.0. The number of carbonyl (C=O) groups excluding carboxylic acids is 1. The number of aliphatic hydroxyl groups is 1. The first kappa shape index (κ1) is 21.7. The van der Waals surface area contributed by atoms with Gasteiger partial charge in [0, 0.05) is 42.6 Å².